The van der Waals surface area contributed by atoms with Crippen LogP contribution in [0, 0.1) is 6.92 Å². The molecule has 420 valence electrons. The van der Waals surface area contributed by atoms with Crippen LogP contribution in [0.4, 0.5) is 105 Å². The van der Waals surface area contributed by atoms with Crippen LogP contribution in [0.15, 0.2) is 146 Å². The van der Waals surface area contributed by atoms with Crippen LogP contribution in [0.3, 0.4) is 0 Å². The van der Waals surface area contributed by atoms with E-state index >= 15 is 0 Å². The van der Waals surface area contributed by atoms with E-state index in [1.807, 2.05) is 59.4 Å². The van der Waals surface area contributed by atoms with Gasteiger partial charge in [0.1, 0.15) is 11.8 Å². The molecule has 79 heavy (non-hydrogen) atoms. The second kappa shape index (κ2) is 21.3. The molecule has 0 radical (unpaired) electrons. The summed E-state index contributed by atoms with van der Waals surface area (Å²) in [5, 5.41) is 0. The highest BCUT2D eigenvalue weighted by atomic mass is 19.4. The molecule has 0 N–H and O–H groups in total. The van der Waals surface area contributed by atoms with Crippen molar-refractivity contribution in [3.63, 3.8) is 0 Å². The second-order valence-electron chi connectivity index (χ2n) is 17.5. The van der Waals surface area contributed by atoms with Crippen LogP contribution >= 0.6 is 0 Å². The minimum Gasteiger partial charge on any atom is -0.287 e. The molecule has 28 heteroatoms. The molecular formula is C51H29BF24N2O. The largest absolute Gasteiger partial charge is 0.416 e. The van der Waals surface area contributed by atoms with Gasteiger partial charge in [0, 0.05) is 11.1 Å². The molecule has 0 unspecified atom stereocenters. The third kappa shape index (κ3) is 14.2. The minimum absolute atomic E-state index is 0.0898. The topological polar surface area (TPSA) is 33.8 Å². The Labute approximate surface area is 428 Å². The Morgan fingerprint density at radius 1 is 0.405 bits per heavy atom. The number of halogens is 24. The molecule has 0 saturated carbocycles. The van der Waals surface area contributed by atoms with Gasteiger partial charge < -0.3 is 0 Å². The first-order valence-corrected chi connectivity index (χ1v) is 21.8. The summed E-state index contributed by atoms with van der Waals surface area (Å²) in [6, 6.07) is 8.71. The normalized spacial score (nSPS) is 13.2. The van der Waals surface area contributed by atoms with Gasteiger partial charge in [0.25, 0.3) is 0 Å². The van der Waals surface area contributed by atoms with E-state index in [0.717, 1.165) is 16.8 Å². The first kappa shape index (κ1) is 60.7. The molecule has 0 aliphatic heterocycles. The Bertz CT molecular complexity index is 2910. The molecule has 7 rings (SSSR count). The third-order valence-corrected chi connectivity index (χ3v) is 11.9. The Morgan fingerprint density at radius 3 is 0.987 bits per heavy atom. The maximum absolute atomic E-state index is 14.2. The summed E-state index contributed by atoms with van der Waals surface area (Å²) in [6.07, 6.45) is -49.3. The molecule has 7 aromatic rings. The quantitative estimate of drug-likeness (QED) is 0.0658. The predicted octanol–water partition coefficient (Wildman–Crippen LogP) is 14.4. The van der Waals surface area contributed by atoms with Crippen molar-refractivity contribution < 1.29 is 115 Å². The van der Waals surface area contributed by atoms with Crippen LogP contribution in [0.5, 0.6) is 0 Å². The zero-order valence-electron chi connectivity index (χ0n) is 39.0. The number of aryl methyl sites for hydroxylation is 1. The first-order chi connectivity index (χ1) is 36.0. The van der Waals surface area contributed by atoms with E-state index in [2.05, 4.69) is 24.0 Å². The number of alkyl halides is 24. The van der Waals surface area contributed by atoms with E-state index in [4.69, 9.17) is 0 Å². The number of carbonyl (C=O) groups is 1. The van der Waals surface area contributed by atoms with E-state index in [9.17, 15) is 110 Å². The van der Waals surface area contributed by atoms with Crippen molar-refractivity contribution in [2.45, 2.75) is 62.9 Å². The van der Waals surface area contributed by atoms with Crippen molar-refractivity contribution in [3.8, 4) is 11.3 Å². The molecule has 6 aromatic carbocycles. The summed E-state index contributed by atoms with van der Waals surface area (Å²) in [5.41, 5.74) is -26.4. The van der Waals surface area contributed by atoms with Gasteiger partial charge in [0.05, 0.1) is 50.7 Å². The van der Waals surface area contributed by atoms with E-state index < -0.39 is 195 Å². The molecule has 0 atom stereocenters. The number of Topliss-reactive ketones (excluding diaryl/α,β-unsaturated/α-hetero) is 1. The summed E-state index contributed by atoms with van der Waals surface area (Å²) >= 11 is 0. The number of aromatic nitrogens is 2. The van der Waals surface area contributed by atoms with Gasteiger partial charge in [0.15, 0.2) is 12.4 Å². The van der Waals surface area contributed by atoms with Gasteiger partial charge in [-0.1, -0.05) is 103 Å². The van der Waals surface area contributed by atoms with Gasteiger partial charge in [0.2, 0.25) is 12.3 Å². The van der Waals surface area contributed by atoms with Crippen molar-refractivity contribution in [3.05, 3.63) is 202 Å². The second-order valence-corrected chi connectivity index (χ2v) is 17.5. The Morgan fingerprint density at radius 2 is 0.709 bits per heavy atom. The fourth-order valence-electron chi connectivity index (χ4n) is 8.44. The number of benzene rings is 6. The standard InChI is InChI=1S/C32H12BF24.C19H17N2O/c34-25(35,36)13-1-14(26(37,38)39)6-21(5-13)33(22-7-15(27(40,41)42)2-16(8-22)28(43,44)45,23-9-17(29(46,47)48)3-18(10-23)30(49,50)51)24-11-19(31(52,53)54)4-20(12-24)32(55,56)57;1-15-6-5-9-17(12-15)18-13-21(11-10-20-18)14-19(22)16-7-3-2-4-8-16/h1-12H;2-13H,14H2,1H3/q-1;+1. The van der Waals surface area contributed by atoms with Crippen molar-refractivity contribution in [1.29, 1.82) is 0 Å². The molecule has 1 aromatic heterocycles. The SMILES string of the molecule is Cc1cccc(-c2c[n+](CC(=O)c3ccccc3)ccn2)c1.FC(F)(F)c1cc([B-](c2cc(C(F)(F)F)cc(C(F)(F)F)c2)(c2cc(C(F)(F)F)cc(C(F)(F)F)c2)c2cc(C(F)(F)F)cc(C(F)(F)F)c2)cc(C(F)(F)F)c1. The van der Waals surface area contributed by atoms with Crippen LogP contribution in [0.1, 0.15) is 60.4 Å². The van der Waals surface area contributed by atoms with E-state index in [0.29, 0.717) is 6.54 Å². The third-order valence-electron chi connectivity index (χ3n) is 11.9. The van der Waals surface area contributed by atoms with Gasteiger partial charge in [-0.05, 0) is 37.3 Å². The Hall–Kier alpha value is -7.55. The van der Waals surface area contributed by atoms with Gasteiger partial charge >= 0.3 is 49.4 Å². The number of ketones is 1. The monoisotopic (exact) mass is 1150 g/mol. The maximum atomic E-state index is 14.2. The summed E-state index contributed by atoms with van der Waals surface area (Å²) < 4.78 is 343. The molecule has 0 saturated heterocycles. The fraction of sp³-hybridized carbons (Fsp3) is 0.196. The van der Waals surface area contributed by atoms with Crippen LogP contribution in [0.2, 0.25) is 0 Å². The van der Waals surface area contributed by atoms with Gasteiger partial charge in [-0.25, -0.2) is 4.98 Å². The molecule has 0 bridgehead atoms. The number of rotatable bonds is 8. The highest BCUT2D eigenvalue weighted by Gasteiger charge is 2.47. The lowest BCUT2D eigenvalue weighted by atomic mass is 9.12. The molecule has 1 heterocycles. The molecule has 3 nitrogen and oxygen atoms in total. The lowest BCUT2D eigenvalue weighted by Crippen LogP contribution is -2.75. The van der Waals surface area contributed by atoms with Crippen LogP contribution in [0.25, 0.3) is 11.3 Å². The predicted molar refractivity (Wildman–Crippen MR) is 235 cm³/mol. The van der Waals surface area contributed by atoms with Gasteiger partial charge in [-0.3, -0.25) is 4.79 Å². The highest BCUT2D eigenvalue weighted by Crippen LogP contribution is 2.41. The maximum Gasteiger partial charge on any atom is 0.416 e. The van der Waals surface area contributed by atoms with E-state index in [-0.39, 0.29) is 5.78 Å². The van der Waals surface area contributed by atoms with Crippen LogP contribution in [-0.4, -0.2) is 16.9 Å². The number of nitrogens with zero attached hydrogens (tertiary/aromatic N) is 2. The molecular weight excluding hydrogens is 1120 g/mol. The van der Waals surface area contributed by atoms with Crippen molar-refractivity contribution in [2.75, 3.05) is 0 Å². The zero-order valence-corrected chi connectivity index (χ0v) is 39.0. The number of carbonyl (C=O) groups excluding carboxylic acids is 1. The van der Waals surface area contributed by atoms with Crippen LogP contribution < -0.4 is 26.4 Å². The number of hydrogen-bond acceptors (Lipinski definition) is 2. The van der Waals surface area contributed by atoms with Gasteiger partial charge in [-0.2, -0.15) is 132 Å². The first-order valence-electron chi connectivity index (χ1n) is 21.8. The Kier molecular flexibility index (Phi) is 16.3. The minimum atomic E-state index is -6.13. The van der Waals surface area contributed by atoms with Crippen LogP contribution in [-0.2, 0) is 56.0 Å². The fourth-order valence-corrected chi connectivity index (χ4v) is 8.44. The number of hydrogen-bond donors (Lipinski definition) is 0. The smallest absolute Gasteiger partial charge is 0.287 e. The summed E-state index contributed by atoms with van der Waals surface area (Å²) in [6.45, 7) is 2.37. The van der Waals surface area contributed by atoms with E-state index in [1.54, 1.807) is 6.20 Å². The average Bonchev–Trinajstić information content (AvgIpc) is 3.32. The van der Waals surface area contributed by atoms with Crippen molar-refractivity contribution >= 4 is 33.8 Å². The summed E-state index contributed by atoms with van der Waals surface area (Å²) in [5.74, 6) is 0.0898. The highest BCUT2D eigenvalue weighted by molar-refractivity contribution is 7.20. The van der Waals surface area contributed by atoms with Crippen molar-refractivity contribution in [1.82, 2.24) is 4.98 Å². The molecule has 0 aliphatic rings. The van der Waals surface area contributed by atoms with Crippen molar-refractivity contribution in [2.24, 2.45) is 0 Å². The molecule has 0 amide bonds. The lowest BCUT2D eigenvalue weighted by molar-refractivity contribution is -0.683. The zero-order chi connectivity index (χ0) is 59.3. The van der Waals surface area contributed by atoms with E-state index in [1.165, 1.54) is 5.56 Å². The van der Waals surface area contributed by atoms with Gasteiger partial charge in [-0.15, -0.1) is 0 Å². The molecule has 0 spiro atoms. The molecule has 0 aliphatic carbocycles. The summed E-state index contributed by atoms with van der Waals surface area (Å²) in [4.78, 5) is 16.7. The summed E-state index contributed by atoms with van der Waals surface area (Å²) in [7, 11) is 0. The average molecular weight is 1150 g/mol. The Balaban J connectivity index is 0.000000378. The lowest BCUT2D eigenvalue weighted by Gasteiger charge is -2.46. The molecule has 0 fully saturated rings.